The standard InChI is InChI=1S/C16H24ClN3O4S/c1-19(2)8-12-9-20(25(3,22)23)10-15(12)18-16(21)11-24-14-6-4-13(17)5-7-14/h4-7,12,15H,8-11H2,1-3H3,(H,18,21)/t12-,15-/m1/s1. The summed E-state index contributed by atoms with van der Waals surface area (Å²) in [5.41, 5.74) is 0. The lowest BCUT2D eigenvalue weighted by Gasteiger charge is -2.22. The highest BCUT2D eigenvalue weighted by molar-refractivity contribution is 7.88. The maximum absolute atomic E-state index is 12.2. The van der Waals surface area contributed by atoms with E-state index in [1.165, 1.54) is 10.6 Å². The molecule has 0 radical (unpaired) electrons. The molecule has 1 aliphatic heterocycles. The molecule has 1 heterocycles. The zero-order chi connectivity index (χ0) is 18.6. The molecule has 1 aromatic rings. The molecular formula is C16H24ClN3O4S. The lowest BCUT2D eigenvalue weighted by atomic mass is 10.0. The van der Waals surface area contributed by atoms with E-state index in [0.717, 1.165) is 0 Å². The predicted octanol–water partition coefficient (Wildman–Crippen LogP) is 0.657. The lowest BCUT2D eigenvalue weighted by Crippen LogP contribution is -2.45. The van der Waals surface area contributed by atoms with Crippen LogP contribution < -0.4 is 10.1 Å². The zero-order valence-electron chi connectivity index (χ0n) is 14.6. The summed E-state index contributed by atoms with van der Waals surface area (Å²) in [4.78, 5) is 14.2. The fraction of sp³-hybridized carbons (Fsp3) is 0.562. The van der Waals surface area contributed by atoms with Gasteiger partial charge in [0.1, 0.15) is 5.75 Å². The number of halogens is 1. The monoisotopic (exact) mass is 389 g/mol. The number of carbonyl (C=O) groups is 1. The molecular weight excluding hydrogens is 366 g/mol. The zero-order valence-corrected chi connectivity index (χ0v) is 16.2. The van der Waals surface area contributed by atoms with E-state index in [1.807, 2.05) is 19.0 Å². The summed E-state index contributed by atoms with van der Waals surface area (Å²) in [5.74, 6) is 0.303. The number of carbonyl (C=O) groups excluding carboxylic acids is 1. The molecule has 0 bridgehead atoms. The number of benzene rings is 1. The van der Waals surface area contributed by atoms with Gasteiger partial charge in [0, 0.05) is 36.6 Å². The number of hydrogen-bond acceptors (Lipinski definition) is 5. The molecule has 2 atom stereocenters. The Morgan fingerprint density at radius 1 is 1.32 bits per heavy atom. The summed E-state index contributed by atoms with van der Waals surface area (Å²) < 4.78 is 30.4. The van der Waals surface area contributed by atoms with Crippen molar-refractivity contribution in [3.63, 3.8) is 0 Å². The minimum atomic E-state index is -3.28. The minimum absolute atomic E-state index is 0.0317. The van der Waals surface area contributed by atoms with Gasteiger partial charge in [0.25, 0.3) is 5.91 Å². The van der Waals surface area contributed by atoms with E-state index in [4.69, 9.17) is 16.3 Å². The average molecular weight is 390 g/mol. The van der Waals surface area contributed by atoms with Gasteiger partial charge in [-0.15, -0.1) is 0 Å². The third-order valence-corrected chi connectivity index (χ3v) is 5.49. The summed E-state index contributed by atoms with van der Waals surface area (Å²) in [7, 11) is 0.565. The van der Waals surface area contributed by atoms with Crippen LogP contribution in [0.2, 0.25) is 5.02 Å². The summed E-state index contributed by atoms with van der Waals surface area (Å²) in [5, 5.41) is 3.49. The summed E-state index contributed by atoms with van der Waals surface area (Å²) in [6.45, 7) is 1.24. The van der Waals surface area contributed by atoms with Crippen LogP contribution >= 0.6 is 11.6 Å². The molecule has 1 aromatic carbocycles. The summed E-state index contributed by atoms with van der Waals surface area (Å²) >= 11 is 5.80. The third-order valence-electron chi connectivity index (χ3n) is 4.01. The second-order valence-electron chi connectivity index (χ2n) is 6.52. The normalized spacial score (nSPS) is 21.5. The number of ether oxygens (including phenoxy) is 1. The van der Waals surface area contributed by atoms with Gasteiger partial charge in [-0.3, -0.25) is 4.79 Å². The summed E-state index contributed by atoms with van der Waals surface area (Å²) in [6.07, 6.45) is 1.19. The van der Waals surface area contributed by atoms with E-state index in [1.54, 1.807) is 24.3 Å². The molecule has 140 valence electrons. The first kappa shape index (κ1) is 20.0. The smallest absolute Gasteiger partial charge is 0.258 e. The van der Waals surface area contributed by atoms with Crippen LogP contribution in [0.25, 0.3) is 0 Å². The van der Waals surface area contributed by atoms with Gasteiger partial charge in [-0.05, 0) is 38.4 Å². The van der Waals surface area contributed by atoms with Gasteiger partial charge in [-0.1, -0.05) is 11.6 Å². The SMILES string of the molecule is CN(C)C[C@@H]1CN(S(C)(=O)=O)C[C@H]1NC(=O)COc1ccc(Cl)cc1. The molecule has 1 aliphatic rings. The van der Waals surface area contributed by atoms with Gasteiger partial charge in [-0.25, -0.2) is 8.42 Å². The number of sulfonamides is 1. The Balaban J connectivity index is 1.93. The molecule has 9 heteroatoms. The van der Waals surface area contributed by atoms with Crippen LogP contribution in [0.4, 0.5) is 0 Å². The minimum Gasteiger partial charge on any atom is -0.484 e. The highest BCUT2D eigenvalue weighted by Crippen LogP contribution is 2.20. The topological polar surface area (TPSA) is 79.0 Å². The van der Waals surface area contributed by atoms with Crippen LogP contribution in [0.15, 0.2) is 24.3 Å². The fourth-order valence-corrected chi connectivity index (χ4v) is 3.87. The van der Waals surface area contributed by atoms with Crippen LogP contribution in [0.3, 0.4) is 0 Å². The van der Waals surface area contributed by atoms with Crippen LogP contribution in [0.1, 0.15) is 0 Å². The lowest BCUT2D eigenvalue weighted by molar-refractivity contribution is -0.124. The molecule has 0 aliphatic carbocycles. The van der Waals surface area contributed by atoms with Crippen LogP contribution in [0.5, 0.6) is 5.75 Å². The van der Waals surface area contributed by atoms with Crippen molar-refractivity contribution in [3.05, 3.63) is 29.3 Å². The van der Waals surface area contributed by atoms with Crippen molar-refractivity contribution in [2.24, 2.45) is 5.92 Å². The highest BCUT2D eigenvalue weighted by Gasteiger charge is 2.37. The third kappa shape index (κ3) is 6.14. The van der Waals surface area contributed by atoms with Crippen molar-refractivity contribution in [3.8, 4) is 5.75 Å². The van der Waals surface area contributed by atoms with Crippen molar-refractivity contribution in [1.29, 1.82) is 0 Å². The van der Waals surface area contributed by atoms with Crippen molar-refractivity contribution < 1.29 is 17.9 Å². The molecule has 0 aromatic heterocycles. The van der Waals surface area contributed by atoms with Crippen molar-refractivity contribution in [2.45, 2.75) is 6.04 Å². The largest absolute Gasteiger partial charge is 0.484 e. The first-order chi connectivity index (χ1) is 11.6. The molecule has 2 rings (SSSR count). The summed E-state index contributed by atoms with van der Waals surface area (Å²) in [6, 6.07) is 6.50. The van der Waals surface area contributed by atoms with E-state index < -0.39 is 10.0 Å². The molecule has 1 amide bonds. The Morgan fingerprint density at radius 2 is 1.96 bits per heavy atom. The maximum atomic E-state index is 12.2. The Labute approximate surface area is 153 Å². The van der Waals surface area contributed by atoms with Gasteiger partial charge in [0.2, 0.25) is 10.0 Å². The second-order valence-corrected chi connectivity index (χ2v) is 8.94. The molecule has 0 saturated carbocycles. The average Bonchev–Trinajstić information content (AvgIpc) is 2.89. The van der Waals surface area contributed by atoms with Gasteiger partial charge in [0.05, 0.1) is 6.26 Å². The first-order valence-corrected chi connectivity index (χ1v) is 10.2. The van der Waals surface area contributed by atoms with Gasteiger partial charge in [0.15, 0.2) is 6.61 Å². The van der Waals surface area contributed by atoms with E-state index in [2.05, 4.69) is 5.32 Å². The number of nitrogens with one attached hydrogen (secondary N) is 1. The number of rotatable bonds is 7. The first-order valence-electron chi connectivity index (χ1n) is 7.92. The predicted molar refractivity (Wildman–Crippen MR) is 97.3 cm³/mol. The van der Waals surface area contributed by atoms with E-state index in [0.29, 0.717) is 23.9 Å². The second kappa shape index (κ2) is 8.35. The fourth-order valence-electron chi connectivity index (χ4n) is 2.85. The highest BCUT2D eigenvalue weighted by atomic mass is 35.5. The molecule has 0 unspecified atom stereocenters. The van der Waals surface area contributed by atoms with Gasteiger partial charge < -0.3 is 15.0 Å². The number of hydrogen-bond donors (Lipinski definition) is 1. The van der Waals surface area contributed by atoms with Crippen molar-refractivity contribution in [2.75, 3.05) is 46.6 Å². The Bertz CT molecular complexity index is 694. The Hall–Kier alpha value is -1.35. The van der Waals surface area contributed by atoms with Gasteiger partial charge in [-0.2, -0.15) is 4.31 Å². The maximum Gasteiger partial charge on any atom is 0.258 e. The van der Waals surface area contributed by atoms with E-state index in [9.17, 15) is 13.2 Å². The molecule has 1 saturated heterocycles. The molecule has 1 N–H and O–H groups in total. The Morgan fingerprint density at radius 3 is 2.52 bits per heavy atom. The van der Waals surface area contributed by atoms with E-state index in [-0.39, 0.29) is 31.0 Å². The molecule has 1 fully saturated rings. The number of nitrogens with zero attached hydrogens (tertiary/aromatic N) is 2. The van der Waals surface area contributed by atoms with Crippen molar-refractivity contribution >= 4 is 27.5 Å². The number of amides is 1. The van der Waals surface area contributed by atoms with E-state index >= 15 is 0 Å². The van der Waals surface area contributed by atoms with Crippen LogP contribution in [-0.4, -0.2) is 76.2 Å². The molecule has 7 nitrogen and oxygen atoms in total. The molecule has 25 heavy (non-hydrogen) atoms. The van der Waals surface area contributed by atoms with Gasteiger partial charge >= 0.3 is 0 Å². The quantitative estimate of drug-likeness (QED) is 0.741. The van der Waals surface area contributed by atoms with Crippen LogP contribution in [0, 0.1) is 5.92 Å². The van der Waals surface area contributed by atoms with Crippen LogP contribution in [-0.2, 0) is 14.8 Å². The molecule has 0 spiro atoms. The Kier molecular flexibility index (Phi) is 6.67. The van der Waals surface area contributed by atoms with Crippen molar-refractivity contribution in [1.82, 2.24) is 14.5 Å².